The number of carbonyl (C=O) groups is 2. The monoisotopic (exact) mass is 379 g/mol. The van der Waals surface area contributed by atoms with Crippen LogP contribution in [-0.4, -0.2) is 24.5 Å². The molecule has 0 saturated carbocycles. The first-order chi connectivity index (χ1) is 13.2. The molecule has 4 heteroatoms. The van der Waals surface area contributed by atoms with Crippen molar-refractivity contribution in [2.75, 3.05) is 6.61 Å². The summed E-state index contributed by atoms with van der Waals surface area (Å²) >= 11 is 0. The Morgan fingerprint density at radius 1 is 0.926 bits per heavy atom. The SMILES string of the molecule is CCCCCC/C=C/CCCCCCCCCCOC(=O)[C@@H]1CCC(=O)N1. The molecule has 0 aromatic carbocycles. The molecule has 0 unspecified atom stereocenters. The van der Waals surface area contributed by atoms with Gasteiger partial charge in [0, 0.05) is 6.42 Å². The molecule has 156 valence electrons. The van der Waals surface area contributed by atoms with Gasteiger partial charge in [-0.05, 0) is 38.5 Å². The molecule has 1 N–H and O–H groups in total. The van der Waals surface area contributed by atoms with Gasteiger partial charge in [0.1, 0.15) is 6.04 Å². The van der Waals surface area contributed by atoms with E-state index in [1.807, 2.05) is 0 Å². The standard InChI is InChI=1S/C23H41NO3/c1-2-3-4-5-6-7-8-9-10-11-12-13-14-15-16-17-20-27-23(26)21-18-19-22(25)24-21/h7-8,21H,2-6,9-20H2,1H3,(H,24,25)/b8-7+/t21-/m0/s1. The number of amides is 1. The number of nitrogens with one attached hydrogen (secondary N) is 1. The number of esters is 1. The highest BCUT2D eigenvalue weighted by Gasteiger charge is 2.28. The highest BCUT2D eigenvalue weighted by molar-refractivity contribution is 5.87. The van der Waals surface area contributed by atoms with Crippen LogP contribution in [0.25, 0.3) is 0 Å². The topological polar surface area (TPSA) is 55.4 Å². The Morgan fingerprint density at radius 3 is 2.04 bits per heavy atom. The van der Waals surface area contributed by atoms with Crippen LogP contribution in [0.3, 0.4) is 0 Å². The summed E-state index contributed by atoms with van der Waals surface area (Å²) in [6.07, 6.45) is 23.5. The fourth-order valence-electron chi connectivity index (χ4n) is 3.41. The van der Waals surface area contributed by atoms with Crippen LogP contribution in [0, 0.1) is 0 Å². The highest BCUT2D eigenvalue weighted by Crippen LogP contribution is 2.12. The van der Waals surface area contributed by atoms with Crippen LogP contribution in [0.1, 0.15) is 110 Å². The summed E-state index contributed by atoms with van der Waals surface area (Å²) in [6, 6.07) is -0.409. The van der Waals surface area contributed by atoms with Crippen molar-refractivity contribution in [2.24, 2.45) is 0 Å². The molecule has 1 aliphatic heterocycles. The second kappa shape index (κ2) is 16.8. The van der Waals surface area contributed by atoms with Crippen molar-refractivity contribution in [2.45, 2.75) is 116 Å². The van der Waals surface area contributed by atoms with Crippen LogP contribution in [-0.2, 0) is 14.3 Å². The van der Waals surface area contributed by atoms with Gasteiger partial charge >= 0.3 is 5.97 Å². The van der Waals surface area contributed by atoms with E-state index in [0.29, 0.717) is 19.4 Å². The van der Waals surface area contributed by atoms with Crippen LogP contribution in [0.2, 0.25) is 0 Å². The van der Waals surface area contributed by atoms with Crippen molar-refractivity contribution in [1.29, 1.82) is 0 Å². The van der Waals surface area contributed by atoms with Gasteiger partial charge in [0.05, 0.1) is 6.61 Å². The van der Waals surface area contributed by atoms with Crippen molar-refractivity contribution in [1.82, 2.24) is 5.32 Å². The largest absolute Gasteiger partial charge is 0.464 e. The summed E-state index contributed by atoms with van der Waals surface area (Å²) in [4.78, 5) is 22.8. The van der Waals surface area contributed by atoms with Crippen LogP contribution in [0.4, 0.5) is 0 Å². The average molecular weight is 380 g/mol. The molecule has 1 atom stereocenters. The van der Waals surface area contributed by atoms with E-state index in [9.17, 15) is 9.59 Å². The quantitative estimate of drug-likeness (QED) is 0.196. The van der Waals surface area contributed by atoms with E-state index in [2.05, 4.69) is 24.4 Å². The number of unbranched alkanes of at least 4 members (excludes halogenated alkanes) is 12. The number of rotatable bonds is 17. The van der Waals surface area contributed by atoms with Gasteiger partial charge in [-0.3, -0.25) is 4.79 Å². The molecular weight excluding hydrogens is 338 g/mol. The van der Waals surface area contributed by atoms with E-state index in [4.69, 9.17) is 4.74 Å². The van der Waals surface area contributed by atoms with Crippen LogP contribution < -0.4 is 5.32 Å². The van der Waals surface area contributed by atoms with E-state index in [1.165, 1.54) is 77.0 Å². The zero-order valence-corrected chi connectivity index (χ0v) is 17.5. The molecule has 1 amide bonds. The summed E-state index contributed by atoms with van der Waals surface area (Å²) in [5.41, 5.74) is 0. The second-order valence-electron chi connectivity index (χ2n) is 7.76. The van der Waals surface area contributed by atoms with Gasteiger partial charge in [-0.1, -0.05) is 76.9 Å². The Hall–Kier alpha value is -1.32. The zero-order valence-electron chi connectivity index (χ0n) is 17.5. The van der Waals surface area contributed by atoms with Crippen molar-refractivity contribution < 1.29 is 14.3 Å². The minimum Gasteiger partial charge on any atom is -0.464 e. The molecular formula is C23H41NO3. The predicted molar refractivity (Wildman–Crippen MR) is 112 cm³/mol. The normalized spacial score (nSPS) is 16.8. The highest BCUT2D eigenvalue weighted by atomic mass is 16.5. The first-order valence-corrected chi connectivity index (χ1v) is 11.3. The average Bonchev–Trinajstić information content (AvgIpc) is 3.10. The lowest BCUT2D eigenvalue weighted by atomic mass is 10.1. The molecule has 1 fully saturated rings. The first-order valence-electron chi connectivity index (χ1n) is 11.3. The van der Waals surface area contributed by atoms with E-state index in [1.54, 1.807) is 0 Å². The van der Waals surface area contributed by atoms with Crippen molar-refractivity contribution in [3.05, 3.63) is 12.2 Å². The minimum atomic E-state index is -0.409. The Labute approximate surface area is 166 Å². The second-order valence-corrected chi connectivity index (χ2v) is 7.76. The zero-order chi connectivity index (χ0) is 19.6. The lowest BCUT2D eigenvalue weighted by Gasteiger charge is -2.09. The molecule has 1 rings (SSSR count). The molecule has 1 heterocycles. The van der Waals surface area contributed by atoms with Crippen LogP contribution in [0.5, 0.6) is 0 Å². The van der Waals surface area contributed by atoms with E-state index in [-0.39, 0.29) is 11.9 Å². The van der Waals surface area contributed by atoms with E-state index >= 15 is 0 Å². The third-order valence-electron chi connectivity index (χ3n) is 5.18. The predicted octanol–water partition coefficient (Wildman–Crippen LogP) is 5.85. The molecule has 0 bridgehead atoms. The van der Waals surface area contributed by atoms with E-state index in [0.717, 1.165) is 12.8 Å². The number of allylic oxidation sites excluding steroid dienone is 2. The van der Waals surface area contributed by atoms with Gasteiger partial charge in [0.25, 0.3) is 0 Å². The lowest BCUT2D eigenvalue weighted by molar-refractivity contribution is -0.146. The number of ether oxygens (including phenoxy) is 1. The molecule has 0 radical (unpaired) electrons. The molecule has 1 aliphatic rings. The third kappa shape index (κ3) is 13.5. The molecule has 0 aromatic rings. The Kier molecular flexibility index (Phi) is 14.8. The summed E-state index contributed by atoms with van der Waals surface area (Å²) in [6.45, 7) is 2.74. The first kappa shape index (κ1) is 23.7. The lowest BCUT2D eigenvalue weighted by Crippen LogP contribution is -2.34. The van der Waals surface area contributed by atoms with Gasteiger partial charge in [-0.15, -0.1) is 0 Å². The number of hydrogen-bond donors (Lipinski definition) is 1. The van der Waals surface area contributed by atoms with Crippen LogP contribution >= 0.6 is 0 Å². The molecule has 0 spiro atoms. The maximum absolute atomic E-state index is 11.7. The van der Waals surface area contributed by atoms with Gasteiger partial charge in [-0.2, -0.15) is 0 Å². The fourth-order valence-corrected chi connectivity index (χ4v) is 3.41. The minimum absolute atomic E-state index is 0.0459. The van der Waals surface area contributed by atoms with Gasteiger partial charge in [0.2, 0.25) is 5.91 Å². The summed E-state index contributed by atoms with van der Waals surface area (Å²) in [5, 5.41) is 2.64. The van der Waals surface area contributed by atoms with Gasteiger partial charge in [0.15, 0.2) is 0 Å². The molecule has 0 aromatic heterocycles. The number of carbonyl (C=O) groups excluding carboxylic acids is 2. The molecule has 4 nitrogen and oxygen atoms in total. The fraction of sp³-hybridized carbons (Fsp3) is 0.826. The maximum Gasteiger partial charge on any atom is 0.328 e. The Balaban J connectivity index is 1.76. The van der Waals surface area contributed by atoms with Gasteiger partial charge < -0.3 is 10.1 Å². The Bertz CT molecular complexity index is 420. The molecule has 27 heavy (non-hydrogen) atoms. The van der Waals surface area contributed by atoms with Crippen molar-refractivity contribution in [3.63, 3.8) is 0 Å². The Morgan fingerprint density at radius 2 is 1.48 bits per heavy atom. The summed E-state index contributed by atoms with van der Waals surface area (Å²) < 4.78 is 5.23. The van der Waals surface area contributed by atoms with Crippen molar-refractivity contribution >= 4 is 11.9 Å². The van der Waals surface area contributed by atoms with Crippen LogP contribution in [0.15, 0.2) is 12.2 Å². The molecule has 0 aliphatic carbocycles. The molecule has 1 saturated heterocycles. The maximum atomic E-state index is 11.7. The van der Waals surface area contributed by atoms with Gasteiger partial charge in [-0.25, -0.2) is 4.79 Å². The van der Waals surface area contributed by atoms with Crippen molar-refractivity contribution in [3.8, 4) is 0 Å². The smallest absolute Gasteiger partial charge is 0.328 e. The summed E-state index contributed by atoms with van der Waals surface area (Å²) in [5.74, 6) is -0.314. The number of hydrogen-bond acceptors (Lipinski definition) is 3. The van der Waals surface area contributed by atoms with E-state index < -0.39 is 6.04 Å². The third-order valence-corrected chi connectivity index (χ3v) is 5.18. The summed E-state index contributed by atoms with van der Waals surface area (Å²) in [7, 11) is 0.